The Bertz CT molecular complexity index is 638. The summed E-state index contributed by atoms with van der Waals surface area (Å²) in [4.78, 5) is 23.9. The minimum atomic E-state index is -1.05. The van der Waals surface area contributed by atoms with E-state index < -0.39 is 17.4 Å². The zero-order valence-corrected chi connectivity index (χ0v) is 14.0. The number of benzene rings is 1. The van der Waals surface area contributed by atoms with Crippen molar-refractivity contribution in [2.24, 2.45) is 0 Å². The highest BCUT2D eigenvalue weighted by Crippen LogP contribution is 2.35. The number of hydrogen-bond acceptors (Lipinski definition) is 4. The van der Waals surface area contributed by atoms with Crippen LogP contribution in [0.5, 0.6) is 11.5 Å². The lowest BCUT2D eigenvalue weighted by Gasteiger charge is -2.28. The zero-order chi connectivity index (χ0) is 17.7. The molecule has 1 aromatic carbocycles. The van der Waals surface area contributed by atoms with E-state index in [1.54, 1.807) is 38.1 Å². The molecule has 1 aromatic rings. The Hall–Kier alpha value is -2.50. The number of hydrogen-bond donors (Lipinski definition) is 2. The number of carbonyl (C=O) groups excluding carboxylic acids is 1. The fraction of sp³-hybridized carbons (Fsp3) is 0.444. The summed E-state index contributed by atoms with van der Waals surface area (Å²) in [6.45, 7) is 8.04. The molecule has 0 spiro atoms. The van der Waals surface area contributed by atoms with Gasteiger partial charge in [-0.05, 0) is 44.4 Å². The van der Waals surface area contributed by atoms with Gasteiger partial charge in [-0.3, -0.25) is 4.79 Å². The normalized spacial score (nSPS) is 14.6. The predicted octanol–water partition coefficient (Wildman–Crippen LogP) is 2.27. The highest BCUT2D eigenvalue weighted by molar-refractivity contribution is 5.91. The number of carbonyl (C=O) groups is 2. The van der Waals surface area contributed by atoms with Crippen LogP contribution in [-0.2, 0) is 15.0 Å². The molecule has 2 rings (SSSR count). The lowest BCUT2D eigenvalue weighted by Crippen LogP contribution is -2.48. The van der Waals surface area contributed by atoms with Crippen LogP contribution in [0.2, 0.25) is 0 Å². The SMILES string of the molecule is C=CCCC(NC(=O)C(C)(C)c1ccc2c(c1)OCCO2)C(=O)O. The summed E-state index contributed by atoms with van der Waals surface area (Å²) < 4.78 is 11.0. The van der Waals surface area contributed by atoms with Gasteiger partial charge in [0.1, 0.15) is 19.3 Å². The first-order chi connectivity index (χ1) is 11.4. The Morgan fingerprint density at radius 3 is 2.62 bits per heavy atom. The Labute approximate surface area is 141 Å². The molecule has 0 fully saturated rings. The fourth-order valence-electron chi connectivity index (χ4n) is 2.44. The molecule has 1 atom stereocenters. The monoisotopic (exact) mass is 333 g/mol. The molecule has 0 saturated carbocycles. The molecule has 1 amide bonds. The van der Waals surface area contributed by atoms with Crippen molar-refractivity contribution in [3.8, 4) is 11.5 Å². The Balaban J connectivity index is 2.17. The molecule has 0 aromatic heterocycles. The number of allylic oxidation sites excluding steroid dienone is 1. The van der Waals surface area contributed by atoms with E-state index in [-0.39, 0.29) is 5.91 Å². The van der Waals surface area contributed by atoms with Crippen molar-refractivity contribution in [2.75, 3.05) is 13.2 Å². The maximum absolute atomic E-state index is 12.6. The maximum atomic E-state index is 12.6. The molecule has 2 N–H and O–H groups in total. The number of aliphatic carboxylic acids is 1. The van der Waals surface area contributed by atoms with Crippen molar-refractivity contribution in [3.63, 3.8) is 0 Å². The van der Waals surface area contributed by atoms with Gasteiger partial charge in [-0.1, -0.05) is 12.1 Å². The Morgan fingerprint density at radius 1 is 1.33 bits per heavy atom. The summed E-state index contributed by atoms with van der Waals surface area (Å²) in [6, 6.07) is 4.40. The minimum absolute atomic E-state index is 0.307. The van der Waals surface area contributed by atoms with Crippen LogP contribution in [0.15, 0.2) is 30.9 Å². The molecule has 0 saturated heterocycles. The molecule has 24 heavy (non-hydrogen) atoms. The van der Waals surface area contributed by atoms with Gasteiger partial charge in [0.2, 0.25) is 5.91 Å². The Morgan fingerprint density at radius 2 is 2.00 bits per heavy atom. The first kappa shape index (κ1) is 17.8. The van der Waals surface area contributed by atoms with Gasteiger partial charge in [-0.15, -0.1) is 6.58 Å². The third-order valence-electron chi connectivity index (χ3n) is 4.09. The van der Waals surface area contributed by atoms with Crippen LogP contribution in [0.3, 0.4) is 0 Å². The summed E-state index contributed by atoms with van der Waals surface area (Å²) in [5.41, 5.74) is -0.172. The van der Waals surface area contributed by atoms with Gasteiger partial charge in [0.05, 0.1) is 5.41 Å². The van der Waals surface area contributed by atoms with Crippen LogP contribution in [-0.4, -0.2) is 36.2 Å². The van der Waals surface area contributed by atoms with Gasteiger partial charge in [0.25, 0.3) is 0 Å². The van der Waals surface area contributed by atoms with E-state index in [1.165, 1.54) is 0 Å². The zero-order valence-electron chi connectivity index (χ0n) is 14.0. The lowest BCUT2D eigenvalue weighted by molar-refractivity contribution is -0.142. The highest BCUT2D eigenvalue weighted by Gasteiger charge is 2.33. The molecular formula is C18H23NO5. The quantitative estimate of drug-likeness (QED) is 0.748. The highest BCUT2D eigenvalue weighted by atomic mass is 16.6. The van der Waals surface area contributed by atoms with Gasteiger partial charge in [0.15, 0.2) is 11.5 Å². The number of carboxylic acids is 1. The van der Waals surface area contributed by atoms with Crippen molar-refractivity contribution >= 4 is 11.9 Å². The molecular weight excluding hydrogens is 310 g/mol. The molecule has 0 aliphatic carbocycles. The number of fused-ring (bicyclic) bond motifs is 1. The van der Waals surface area contributed by atoms with Crippen LogP contribution in [0.25, 0.3) is 0 Å². The van der Waals surface area contributed by atoms with E-state index in [4.69, 9.17) is 9.47 Å². The fourth-order valence-corrected chi connectivity index (χ4v) is 2.44. The minimum Gasteiger partial charge on any atom is -0.486 e. The van der Waals surface area contributed by atoms with Crippen LogP contribution < -0.4 is 14.8 Å². The molecule has 1 unspecified atom stereocenters. The van der Waals surface area contributed by atoms with Crippen LogP contribution >= 0.6 is 0 Å². The van der Waals surface area contributed by atoms with Crippen LogP contribution in [0.4, 0.5) is 0 Å². The number of ether oxygens (including phenoxy) is 2. The van der Waals surface area contributed by atoms with Crippen LogP contribution in [0.1, 0.15) is 32.3 Å². The molecule has 130 valence electrons. The maximum Gasteiger partial charge on any atom is 0.326 e. The summed E-state index contributed by atoms with van der Waals surface area (Å²) in [7, 11) is 0. The van der Waals surface area contributed by atoms with E-state index in [9.17, 15) is 14.7 Å². The van der Waals surface area contributed by atoms with Crippen LogP contribution in [0, 0.1) is 0 Å². The third kappa shape index (κ3) is 3.88. The van der Waals surface area contributed by atoms with E-state index >= 15 is 0 Å². The summed E-state index contributed by atoms with van der Waals surface area (Å²) >= 11 is 0. The number of rotatable bonds is 7. The average Bonchev–Trinajstić information content (AvgIpc) is 2.57. The number of amides is 1. The second kappa shape index (κ2) is 7.38. The summed E-state index contributed by atoms with van der Waals surface area (Å²) in [5, 5.41) is 11.9. The number of nitrogens with one attached hydrogen (secondary N) is 1. The molecule has 0 bridgehead atoms. The topological polar surface area (TPSA) is 84.9 Å². The molecule has 6 nitrogen and oxygen atoms in total. The second-order valence-corrected chi connectivity index (χ2v) is 6.21. The molecule has 0 radical (unpaired) electrons. The van der Waals surface area contributed by atoms with Crippen molar-refractivity contribution in [3.05, 3.63) is 36.4 Å². The molecule has 1 heterocycles. The van der Waals surface area contributed by atoms with Crippen molar-refractivity contribution in [1.82, 2.24) is 5.32 Å². The lowest BCUT2D eigenvalue weighted by atomic mass is 9.83. The van der Waals surface area contributed by atoms with Crippen molar-refractivity contribution in [2.45, 2.75) is 38.1 Å². The summed E-state index contributed by atoms with van der Waals surface area (Å²) in [6.07, 6.45) is 2.46. The summed E-state index contributed by atoms with van der Waals surface area (Å²) in [5.74, 6) is -0.157. The van der Waals surface area contributed by atoms with Crippen molar-refractivity contribution in [1.29, 1.82) is 0 Å². The molecule has 6 heteroatoms. The second-order valence-electron chi connectivity index (χ2n) is 6.21. The first-order valence-corrected chi connectivity index (χ1v) is 7.91. The predicted molar refractivity (Wildman–Crippen MR) is 89.5 cm³/mol. The van der Waals surface area contributed by atoms with E-state index in [0.29, 0.717) is 37.6 Å². The van der Waals surface area contributed by atoms with Gasteiger partial charge >= 0.3 is 5.97 Å². The molecule has 1 aliphatic rings. The standard InChI is InChI=1S/C18H23NO5/c1-4-5-6-13(16(20)21)19-17(22)18(2,3)12-7-8-14-15(11-12)24-10-9-23-14/h4,7-8,11,13H,1,5-6,9-10H2,2-3H3,(H,19,22)(H,20,21). The smallest absolute Gasteiger partial charge is 0.326 e. The number of carboxylic acid groups (broad SMARTS) is 1. The average molecular weight is 333 g/mol. The van der Waals surface area contributed by atoms with Gasteiger partial charge in [0, 0.05) is 0 Å². The van der Waals surface area contributed by atoms with Gasteiger partial charge in [-0.2, -0.15) is 0 Å². The largest absolute Gasteiger partial charge is 0.486 e. The Kier molecular flexibility index (Phi) is 5.49. The third-order valence-corrected chi connectivity index (χ3v) is 4.09. The van der Waals surface area contributed by atoms with Gasteiger partial charge in [-0.25, -0.2) is 4.79 Å². The van der Waals surface area contributed by atoms with Crippen molar-refractivity contribution < 1.29 is 24.2 Å². The van der Waals surface area contributed by atoms with E-state index in [1.807, 2.05) is 0 Å². The first-order valence-electron chi connectivity index (χ1n) is 7.91. The molecule has 1 aliphatic heterocycles. The van der Waals surface area contributed by atoms with Gasteiger partial charge < -0.3 is 19.9 Å². The van der Waals surface area contributed by atoms with E-state index in [2.05, 4.69) is 11.9 Å². The van der Waals surface area contributed by atoms with E-state index in [0.717, 1.165) is 5.56 Å².